The van der Waals surface area contributed by atoms with Gasteiger partial charge in [0.1, 0.15) is 0 Å². The van der Waals surface area contributed by atoms with Gasteiger partial charge in [0.2, 0.25) is 5.89 Å². The number of hydrogen-bond donors (Lipinski definition) is 2. The molecule has 0 saturated carbocycles. The van der Waals surface area contributed by atoms with Gasteiger partial charge in [-0.05, 0) is 17.4 Å². The van der Waals surface area contributed by atoms with Crippen LogP contribution in [0.25, 0.3) is 0 Å². The molecule has 0 saturated heterocycles. The normalized spacial score (nSPS) is 12.8. The quantitative estimate of drug-likeness (QED) is 0.694. The Bertz CT molecular complexity index is 513. The standard InChI is InChI=1S/C14H22N4O2S/c1-10(2)13(11-5-4-8-21-11)16-14-18-17-12(20-14)9-15-6-7-19-3/h4-5,8,10,13,15H,6-7,9H2,1-3H3,(H,16,18). The molecule has 21 heavy (non-hydrogen) atoms. The molecule has 2 aromatic heterocycles. The van der Waals surface area contributed by atoms with Crippen LogP contribution in [0.1, 0.15) is 30.7 Å². The second-order valence-corrected chi connectivity index (χ2v) is 6.03. The van der Waals surface area contributed by atoms with Crippen molar-refractivity contribution < 1.29 is 9.15 Å². The number of nitrogens with one attached hydrogen (secondary N) is 2. The Morgan fingerprint density at radius 2 is 2.24 bits per heavy atom. The van der Waals surface area contributed by atoms with Gasteiger partial charge in [-0.2, -0.15) is 0 Å². The summed E-state index contributed by atoms with van der Waals surface area (Å²) in [5.74, 6) is 1.00. The smallest absolute Gasteiger partial charge is 0.316 e. The largest absolute Gasteiger partial charge is 0.407 e. The number of aromatic nitrogens is 2. The summed E-state index contributed by atoms with van der Waals surface area (Å²) in [4.78, 5) is 1.27. The molecule has 2 rings (SSSR count). The van der Waals surface area contributed by atoms with E-state index in [1.807, 2.05) is 0 Å². The van der Waals surface area contributed by atoms with Crippen molar-refractivity contribution >= 4 is 17.4 Å². The van der Waals surface area contributed by atoms with Crippen molar-refractivity contribution in [1.29, 1.82) is 0 Å². The van der Waals surface area contributed by atoms with Crippen LogP contribution in [-0.2, 0) is 11.3 Å². The number of anilines is 1. The highest BCUT2D eigenvalue weighted by Crippen LogP contribution is 2.29. The number of thiophene rings is 1. The monoisotopic (exact) mass is 310 g/mol. The van der Waals surface area contributed by atoms with E-state index in [-0.39, 0.29) is 6.04 Å². The van der Waals surface area contributed by atoms with Crippen molar-refractivity contribution in [3.8, 4) is 0 Å². The number of hydrogen-bond acceptors (Lipinski definition) is 7. The second-order valence-electron chi connectivity index (χ2n) is 5.05. The van der Waals surface area contributed by atoms with Crippen LogP contribution in [0, 0.1) is 5.92 Å². The van der Waals surface area contributed by atoms with Gasteiger partial charge in [-0.3, -0.25) is 0 Å². The first-order chi connectivity index (χ1) is 10.2. The third-order valence-corrected chi connectivity index (χ3v) is 3.98. The number of rotatable bonds is 9. The van der Waals surface area contributed by atoms with Crippen molar-refractivity contribution in [3.63, 3.8) is 0 Å². The summed E-state index contributed by atoms with van der Waals surface area (Å²) in [5.41, 5.74) is 0. The lowest BCUT2D eigenvalue weighted by molar-refractivity contribution is 0.198. The first kappa shape index (κ1) is 15.9. The number of ether oxygens (including phenoxy) is 1. The maximum absolute atomic E-state index is 5.61. The molecule has 0 aliphatic rings. The molecule has 1 atom stereocenters. The fourth-order valence-corrected chi connectivity index (χ4v) is 2.87. The zero-order chi connectivity index (χ0) is 15.1. The molecular formula is C14H22N4O2S. The highest BCUT2D eigenvalue weighted by atomic mass is 32.1. The molecule has 0 bridgehead atoms. The molecule has 0 aromatic carbocycles. The Morgan fingerprint density at radius 3 is 2.90 bits per heavy atom. The van der Waals surface area contributed by atoms with Gasteiger partial charge in [0, 0.05) is 18.5 Å². The minimum atomic E-state index is 0.180. The van der Waals surface area contributed by atoms with Crippen LogP contribution in [0.5, 0.6) is 0 Å². The van der Waals surface area contributed by atoms with Gasteiger partial charge in [0.05, 0.1) is 19.2 Å². The summed E-state index contributed by atoms with van der Waals surface area (Å²) in [6, 6.07) is 4.81. The highest BCUT2D eigenvalue weighted by Gasteiger charge is 2.19. The molecule has 0 amide bonds. The van der Waals surface area contributed by atoms with Crippen LogP contribution >= 0.6 is 11.3 Å². The Hall–Kier alpha value is -1.44. The lowest BCUT2D eigenvalue weighted by atomic mass is 10.0. The third-order valence-electron chi connectivity index (χ3n) is 3.02. The number of nitrogens with zero attached hydrogens (tertiary/aromatic N) is 2. The van der Waals surface area contributed by atoms with Crippen molar-refractivity contribution in [2.75, 3.05) is 25.6 Å². The molecule has 2 aromatic rings. The average Bonchev–Trinajstić information content (AvgIpc) is 3.12. The predicted octanol–water partition coefficient (Wildman–Crippen LogP) is 2.68. The van der Waals surface area contributed by atoms with Crippen molar-refractivity contribution in [2.45, 2.75) is 26.4 Å². The van der Waals surface area contributed by atoms with E-state index in [2.05, 4.69) is 52.2 Å². The van der Waals surface area contributed by atoms with E-state index in [0.29, 0.717) is 31.0 Å². The SMILES string of the molecule is COCCNCc1nnc(NC(c2cccs2)C(C)C)o1. The molecule has 1 unspecified atom stereocenters. The Kier molecular flexibility index (Phi) is 6.16. The topological polar surface area (TPSA) is 72.2 Å². The molecule has 2 N–H and O–H groups in total. The summed E-state index contributed by atoms with van der Waals surface area (Å²) in [7, 11) is 1.67. The van der Waals surface area contributed by atoms with Gasteiger partial charge in [0.15, 0.2) is 0 Å². The molecule has 6 nitrogen and oxygen atoms in total. The zero-order valence-electron chi connectivity index (χ0n) is 12.6. The molecule has 0 fully saturated rings. The van der Waals surface area contributed by atoms with Gasteiger partial charge in [-0.25, -0.2) is 0 Å². The summed E-state index contributed by atoms with van der Waals surface area (Å²) in [6.45, 7) is 6.30. The van der Waals surface area contributed by atoms with Crippen molar-refractivity contribution in [3.05, 3.63) is 28.3 Å². The minimum absolute atomic E-state index is 0.180. The molecule has 2 heterocycles. The van der Waals surface area contributed by atoms with E-state index in [1.165, 1.54) is 4.88 Å². The van der Waals surface area contributed by atoms with E-state index in [4.69, 9.17) is 9.15 Å². The van der Waals surface area contributed by atoms with Gasteiger partial charge in [-0.15, -0.1) is 16.4 Å². The lowest BCUT2D eigenvalue weighted by Gasteiger charge is -2.19. The van der Waals surface area contributed by atoms with E-state index < -0.39 is 0 Å². The van der Waals surface area contributed by atoms with Gasteiger partial charge < -0.3 is 19.8 Å². The molecular weight excluding hydrogens is 288 g/mol. The molecule has 0 radical (unpaired) electrons. The Balaban J connectivity index is 1.91. The van der Waals surface area contributed by atoms with Gasteiger partial charge in [0.25, 0.3) is 0 Å². The first-order valence-corrected chi connectivity index (χ1v) is 7.90. The summed E-state index contributed by atoms with van der Waals surface area (Å²) >= 11 is 1.73. The molecule has 7 heteroatoms. The third kappa shape index (κ3) is 4.80. The van der Waals surface area contributed by atoms with Crippen LogP contribution < -0.4 is 10.6 Å². The maximum Gasteiger partial charge on any atom is 0.316 e. The lowest BCUT2D eigenvalue weighted by Crippen LogP contribution is -2.18. The highest BCUT2D eigenvalue weighted by molar-refractivity contribution is 7.10. The van der Waals surface area contributed by atoms with Crippen LogP contribution in [-0.4, -0.2) is 30.5 Å². The van der Waals surface area contributed by atoms with Crippen LogP contribution in [0.4, 0.5) is 6.01 Å². The predicted molar refractivity (Wildman–Crippen MR) is 83.4 cm³/mol. The second kappa shape index (κ2) is 8.11. The first-order valence-electron chi connectivity index (χ1n) is 7.02. The van der Waals surface area contributed by atoms with E-state index in [0.717, 1.165) is 6.54 Å². The van der Waals surface area contributed by atoms with Gasteiger partial charge >= 0.3 is 6.01 Å². The van der Waals surface area contributed by atoms with Crippen LogP contribution in [0.3, 0.4) is 0 Å². The summed E-state index contributed by atoms with van der Waals surface area (Å²) < 4.78 is 10.6. The van der Waals surface area contributed by atoms with Crippen LogP contribution in [0.15, 0.2) is 21.9 Å². The van der Waals surface area contributed by atoms with Crippen LogP contribution in [0.2, 0.25) is 0 Å². The summed E-state index contributed by atoms with van der Waals surface area (Å²) in [6.07, 6.45) is 0. The van der Waals surface area contributed by atoms with Crippen molar-refractivity contribution in [1.82, 2.24) is 15.5 Å². The fraction of sp³-hybridized carbons (Fsp3) is 0.571. The fourth-order valence-electron chi connectivity index (χ4n) is 1.92. The van der Waals surface area contributed by atoms with Crippen molar-refractivity contribution in [2.24, 2.45) is 5.92 Å². The zero-order valence-corrected chi connectivity index (χ0v) is 13.4. The summed E-state index contributed by atoms with van der Waals surface area (Å²) in [5, 5.41) is 16.6. The maximum atomic E-state index is 5.61. The Labute approximate surface area is 128 Å². The molecule has 0 aliphatic carbocycles. The van der Waals surface area contributed by atoms with E-state index >= 15 is 0 Å². The number of methoxy groups -OCH3 is 1. The molecule has 116 valence electrons. The molecule has 0 aliphatic heterocycles. The average molecular weight is 310 g/mol. The Morgan fingerprint density at radius 1 is 1.38 bits per heavy atom. The minimum Gasteiger partial charge on any atom is -0.407 e. The van der Waals surface area contributed by atoms with E-state index in [9.17, 15) is 0 Å². The van der Waals surface area contributed by atoms with Gasteiger partial charge in [-0.1, -0.05) is 25.0 Å². The molecule has 0 spiro atoms. The van der Waals surface area contributed by atoms with E-state index in [1.54, 1.807) is 18.4 Å².